The molecule has 0 aliphatic carbocycles. The Bertz CT molecular complexity index is 3240. The molecule has 11 aromatic rings. The van der Waals surface area contributed by atoms with Crippen LogP contribution in [0.1, 0.15) is 0 Å². The molecule has 0 saturated carbocycles. The number of hydrogen-bond donors (Lipinski definition) is 0. The Hall–Kier alpha value is -7.96. The van der Waals surface area contributed by atoms with Crippen LogP contribution >= 0.6 is 0 Å². The fraction of sp³-hybridized carbons (Fsp3) is 0. The monoisotopic (exact) mass is 742 g/mol. The van der Waals surface area contributed by atoms with Gasteiger partial charge in [-0.3, -0.25) is 4.40 Å². The van der Waals surface area contributed by atoms with E-state index in [1.165, 1.54) is 0 Å². The van der Waals surface area contributed by atoms with Crippen molar-refractivity contribution in [2.45, 2.75) is 0 Å². The van der Waals surface area contributed by atoms with E-state index in [-0.39, 0.29) is 0 Å². The van der Waals surface area contributed by atoms with Crippen molar-refractivity contribution in [3.8, 4) is 78.8 Å². The fourth-order valence-electron chi connectivity index (χ4n) is 7.99. The van der Waals surface area contributed by atoms with Crippen molar-refractivity contribution in [3.63, 3.8) is 0 Å². The predicted molar refractivity (Wildman–Crippen MR) is 235 cm³/mol. The predicted octanol–water partition coefficient (Wildman–Crippen LogP) is 12.6. The normalized spacial score (nSPS) is 11.4. The summed E-state index contributed by atoms with van der Waals surface area (Å²) in [6, 6.07) is 69.4. The molecule has 0 aliphatic heterocycles. The molecule has 11 rings (SSSR count). The third-order valence-electron chi connectivity index (χ3n) is 10.8. The molecular formula is C52H34N6. The number of nitrogens with zero attached hydrogens (tertiary/aromatic N) is 6. The van der Waals surface area contributed by atoms with Crippen molar-refractivity contribution >= 4 is 22.1 Å². The minimum Gasteiger partial charge on any atom is -0.277 e. The second-order valence-corrected chi connectivity index (χ2v) is 14.4. The van der Waals surface area contributed by atoms with Gasteiger partial charge in [-0.2, -0.15) is 0 Å². The molecule has 272 valence electrons. The summed E-state index contributed by atoms with van der Waals surface area (Å²) in [4.78, 5) is 15.6. The first-order valence-corrected chi connectivity index (χ1v) is 19.4. The topological polar surface area (TPSA) is 60.4 Å². The minimum absolute atomic E-state index is 0.674. The molecule has 0 N–H and O–H groups in total. The van der Waals surface area contributed by atoms with Crippen LogP contribution in [0.3, 0.4) is 0 Å². The van der Waals surface area contributed by atoms with Crippen LogP contribution in [-0.2, 0) is 0 Å². The third kappa shape index (κ3) is 5.83. The quantitative estimate of drug-likeness (QED) is 0.163. The molecule has 0 aliphatic rings. The molecule has 4 aromatic heterocycles. The third-order valence-corrected chi connectivity index (χ3v) is 10.8. The first-order chi connectivity index (χ1) is 28.7. The van der Waals surface area contributed by atoms with Gasteiger partial charge in [-0.25, -0.2) is 19.5 Å². The molecule has 0 saturated heterocycles. The van der Waals surface area contributed by atoms with E-state index < -0.39 is 0 Å². The Labute approximate surface area is 335 Å². The van der Waals surface area contributed by atoms with E-state index in [0.29, 0.717) is 11.6 Å². The molecule has 6 nitrogen and oxygen atoms in total. The standard InChI is InChI=1S/C52H34N6/c1-5-16-35(17-6-1)43-33-46(37-18-7-2-8-19-37)51-55-49(56-57(51)34-43)40-30-28-36(29-31-40)41-24-15-25-42(32-41)50-53-48(39-22-11-4-12-23-39)54-52-45-27-14-13-26-44(45)47(58(50)52)38-20-9-3-10-21-38/h1-34H. The highest BCUT2D eigenvalue weighted by atomic mass is 15.3. The van der Waals surface area contributed by atoms with Crippen LogP contribution in [0.5, 0.6) is 0 Å². The maximum atomic E-state index is 5.32. The second kappa shape index (κ2) is 14.0. The molecule has 0 amide bonds. The highest BCUT2D eigenvalue weighted by molar-refractivity contribution is 6.06. The average Bonchev–Trinajstić information content (AvgIpc) is 3.89. The van der Waals surface area contributed by atoms with Crippen LogP contribution in [0.4, 0.5) is 0 Å². The highest BCUT2D eigenvalue weighted by Crippen LogP contribution is 2.38. The number of pyridine rings is 1. The van der Waals surface area contributed by atoms with E-state index in [4.69, 9.17) is 20.1 Å². The van der Waals surface area contributed by atoms with E-state index in [0.717, 1.165) is 89.2 Å². The first kappa shape index (κ1) is 33.4. The van der Waals surface area contributed by atoms with Crippen LogP contribution in [0, 0.1) is 0 Å². The second-order valence-electron chi connectivity index (χ2n) is 14.4. The summed E-state index contributed by atoms with van der Waals surface area (Å²) in [5, 5.41) is 7.23. The Morgan fingerprint density at radius 3 is 1.55 bits per heavy atom. The zero-order chi connectivity index (χ0) is 38.4. The molecule has 4 heterocycles. The number of benzene rings is 7. The lowest BCUT2D eigenvalue weighted by Crippen LogP contribution is -2.03. The maximum absolute atomic E-state index is 5.32. The van der Waals surface area contributed by atoms with Crippen molar-refractivity contribution in [2.24, 2.45) is 0 Å². The van der Waals surface area contributed by atoms with Gasteiger partial charge in [0, 0.05) is 44.8 Å². The largest absolute Gasteiger partial charge is 0.277 e. The molecule has 7 aromatic carbocycles. The van der Waals surface area contributed by atoms with Crippen molar-refractivity contribution in [1.29, 1.82) is 0 Å². The molecule has 0 bridgehead atoms. The molecule has 0 fully saturated rings. The SMILES string of the molecule is c1ccc(-c2cc(-c3ccccc3)c3nc(-c4ccc(-c5cccc(-c6nc(-c7ccccc7)nc7c8ccccc8c(-c8ccccc8)n67)c5)cc4)nn3c2)cc1. The molecule has 58 heavy (non-hydrogen) atoms. The van der Waals surface area contributed by atoms with Gasteiger partial charge in [0.1, 0.15) is 11.5 Å². The van der Waals surface area contributed by atoms with Crippen LogP contribution in [-0.4, -0.2) is 29.0 Å². The lowest BCUT2D eigenvalue weighted by molar-refractivity contribution is 0.968. The molecule has 6 heteroatoms. The summed E-state index contributed by atoms with van der Waals surface area (Å²) in [5.74, 6) is 2.19. The molecule has 0 unspecified atom stereocenters. The van der Waals surface area contributed by atoms with Gasteiger partial charge in [0.05, 0.1) is 5.69 Å². The maximum Gasteiger partial charge on any atom is 0.182 e. The lowest BCUT2D eigenvalue weighted by Gasteiger charge is -2.13. The van der Waals surface area contributed by atoms with Crippen LogP contribution < -0.4 is 0 Å². The number of aromatic nitrogens is 6. The van der Waals surface area contributed by atoms with Crippen molar-refractivity contribution < 1.29 is 0 Å². The fourth-order valence-corrected chi connectivity index (χ4v) is 7.99. The van der Waals surface area contributed by atoms with Gasteiger partial charge < -0.3 is 0 Å². The van der Waals surface area contributed by atoms with Gasteiger partial charge in [-0.15, -0.1) is 5.10 Å². The van der Waals surface area contributed by atoms with Gasteiger partial charge in [0.2, 0.25) is 0 Å². The van der Waals surface area contributed by atoms with E-state index in [1.807, 2.05) is 34.8 Å². The van der Waals surface area contributed by atoms with Crippen molar-refractivity contribution in [1.82, 2.24) is 29.0 Å². The number of fused-ring (bicyclic) bond motifs is 4. The molecule has 0 spiro atoms. The number of rotatable bonds is 7. The van der Waals surface area contributed by atoms with Crippen molar-refractivity contribution in [3.05, 3.63) is 206 Å². The summed E-state index contributed by atoms with van der Waals surface area (Å²) in [6.07, 6.45) is 2.07. The van der Waals surface area contributed by atoms with E-state index >= 15 is 0 Å². The summed E-state index contributed by atoms with van der Waals surface area (Å²) >= 11 is 0. The molecular weight excluding hydrogens is 709 g/mol. The molecule has 0 atom stereocenters. The summed E-state index contributed by atoms with van der Waals surface area (Å²) in [7, 11) is 0. The van der Waals surface area contributed by atoms with Crippen LogP contribution in [0.2, 0.25) is 0 Å². The lowest BCUT2D eigenvalue weighted by atomic mass is 10.0. The smallest absolute Gasteiger partial charge is 0.182 e. The summed E-state index contributed by atoms with van der Waals surface area (Å²) in [6.45, 7) is 0. The van der Waals surface area contributed by atoms with E-state index in [1.54, 1.807) is 0 Å². The summed E-state index contributed by atoms with van der Waals surface area (Å²) < 4.78 is 4.15. The summed E-state index contributed by atoms with van der Waals surface area (Å²) in [5.41, 5.74) is 13.3. The Morgan fingerprint density at radius 2 is 0.845 bits per heavy atom. The van der Waals surface area contributed by atoms with Crippen LogP contribution in [0.15, 0.2) is 206 Å². The zero-order valence-corrected chi connectivity index (χ0v) is 31.3. The average molecular weight is 743 g/mol. The highest BCUT2D eigenvalue weighted by Gasteiger charge is 2.21. The Balaban J connectivity index is 1.02. The van der Waals surface area contributed by atoms with Gasteiger partial charge in [0.25, 0.3) is 0 Å². The van der Waals surface area contributed by atoms with E-state index in [2.05, 4.69) is 180 Å². The van der Waals surface area contributed by atoms with Gasteiger partial charge >= 0.3 is 0 Å². The van der Waals surface area contributed by atoms with Gasteiger partial charge in [0.15, 0.2) is 17.3 Å². The van der Waals surface area contributed by atoms with Crippen LogP contribution in [0.25, 0.3) is 101 Å². The Kier molecular flexibility index (Phi) is 8.04. The number of hydrogen-bond acceptors (Lipinski definition) is 4. The Morgan fingerprint density at radius 1 is 0.328 bits per heavy atom. The van der Waals surface area contributed by atoms with Crippen molar-refractivity contribution in [2.75, 3.05) is 0 Å². The minimum atomic E-state index is 0.674. The van der Waals surface area contributed by atoms with Gasteiger partial charge in [-0.1, -0.05) is 188 Å². The van der Waals surface area contributed by atoms with Gasteiger partial charge in [-0.05, 0) is 39.9 Å². The first-order valence-electron chi connectivity index (χ1n) is 19.4. The van der Waals surface area contributed by atoms with E-state index in [9.17, 15) is 0 Å². The molecule has 0 radical (unpaired) electrons. The zero-order valence-electron chi connectivity index (χ0n) is 31.3.